The molecule has 1 fully saturated rings. The van der Waals surface area contributed by atoms with Gasteiger partial charge >= 0.3 is 0 Å². The van der Waals surface area contributed by atoms with Crippen molar-refractivity contribution in [1.29, 1.82) is 0 Å². The van der Waals surface area contributed by atoms with E-state index >= 15 is 0 Å². The molecule has 0 saturated carbocycles. The van der Waals surface area contributed by atoms with E-state index in [2.05, 4.69) is 21.2 Å². The van der Waals surface area contributed by atoms with Gasteiger partial charge in [-0.05, 0) is 36.8 Å². The molecule has 4 nitrogen and oxygen atoms in total. The van der Waals surface area contributed by atoms with Crippen LogP contribution >= 0.6 is 15.9 Å². The Morgan fingerprint density at radius 2 is 2.00 bits per heavy atom. The molecule has 0 aliphatic carbocycles. The highest BCUT2D eigenvalue weighted by molar-refractivity contribution is 9.10. The molecule has 0 bridgehead atoms. The van der Waals surface area contributed by atoms with Gasteiger partial charge in [0.1, 0.15) is 0 Å². The fourth-order valence-electron chi connectivity index (χ4n) is 2.91. The van der Waals surface area contributed by atoms with Crippen molar-refractivity contribution in [3.63, 3.8) is 0 Å². The molecular formula is C19H19BrN2O2. The second kappa shape index (κ2) is 7.18. The van der Waals surface area contributed by atoms with Crippen LogP contribution in [0.2, 0.25) is 0 Å². The standard InChI is InChI=1S/C19H19BrN2O2/c1-13-3-2-4-14(9-13)11-21-19(24)15-10-18(23)22(12-15)17-7-5-16(20)6-8-17/h2-9,15H,10-12H2,1H3,(H,21,24). The Hall–Kier alpha value is -2.14. The number of nitrogens with one attached hydrogen (secondary N) is 1. The van der Waals surface area contributed by atoms with Crippen molar-refractivity contribution in [2.75, 3.05) is 11.4 Å². The molecule has 2 aromatic rings. The van der Waals surface area contributed by atoms with Crippen molar-refractivity contribution < 1.29 is 9.59 Å². The zero-order chi connectivity index (χ0) is 17.1. The number of carbonyl (C=O) groups is 2. The predicted molar refractivity (Wildman–Crippen MR) is 97.6 cm³/mol. The lowest BCUT2D eigenvalue weighted by Crippen LogP contribution is -2.32. The molecule has 24 heavy (non-hydrogen) atoms. The van der Waals surface area contributed by atoms with Gasteiger partial charge in [0.2, 0.25) is 11.8 Å². The summed E-state index contributed by atoms with van der Waals surface area (Å²) in [5.74, 6) is -0.372. The fraction of sp³-hybridized carbons (Fsp3) is 0.263. The molecular weight excluding hydrogens is 368 g/mol. The summed E-state index contributed by atoms with van der Waals surface area (Å²) in [7, 11) is 0. The van der Waals surface area contributed by atoms with Crippen LogP contribution in [-0.2, 0) is 16.1 Å². The zero-order valence-electron chi connectivity index (χ0n) is 13.5. The molecule has 1 heterocycles. The lowest BCUT2D eigenvalue weighted by atomic mass is 10.1. The van der Waals surface area contributed by atoms with Crippen LogP contribution in [-0.4, -0.2) is 18.4 Å². The Labute approximate surface area is 150 Å². The van der Waals surface area contributed by atoms with E-state index in [-0.39, 0.29) is 24.2 Å². The van der Waals surface area contributed by atoms with Crippen LogP contribution in [0, 0.1) is 12.8 Å². The van der Waals surface area contributed by atoms with E-state index < -0.39 is 0 Å². The molecule has 1 unspecified atom stereocenters. The average molecular weight is 387 g/mol. The molecule has 2 amide bonds. The van der Waals surface area contributed by atoms with Gasteiger partial charge in [0.05, 0.1) is 5.92 Å². The van der Waals surface area contributed by atoms with Gasteiger partial charge in [-0.15, -0.1) is 0 Å². The fourth-order valence-corrected chi connectivity index (χ4v) is 3.17. The van der Waals surface area contributed by atoms with Crippen molar-refractivity contribution >= 4 is 33.4 Å². The van der Waals surface area contributed by atoms with E-state index in [9.17, 15) is 9.59 Å². The van der Waals surface area contributed by atoms with E-state index in [1.807, 2.05) is 55.5 Å². The summed E-state index contributed by atoms with van der Waals surface area (Å²) in [6.45, 7) is 2.95. The Kier molecular flexibility index (Phi) is 5.00. The monoisotopic (exact) mass is 386 g/mol. The minimum Gasteiger partial charge on any atom is -0.352 e. The number of carbonyl (C=O) groups excluding carboxylic acids is 2. The SMILES string of the molecule is Cc1cccc(CNC(=O)C2CC(=O)N(c3ccc(Br)cc3)C2)c1. The highest BCUT2D eigenvalue weighted by atomic mass is 79.9. The molecule has 0 aromatic heterocycles. The normalized spacial score (nSPS) is 17.2. The summed E-state index contributed by atoms with van der Waals surface area (Å²) in [6.07, 6.45) is 0.260. The summed E-state index contributed by atoms with van der Waals surface area (Å²) < 4.78 is 0.963. The molecule has 1 saturated heterocycles. The second-order valence-electron chi connectivity index (χ2n) is 6.09. The van der Waals surface area contributed by atoms with Gasteiger partial charge < -0.3 is 10.2 Å². The molecule has 1 N–H and O–H groups in total. The quantitative estimate of drug-likeness (QED) is 0.874. The molecule has 0 spiro atoms. The Morgan fingerprint density at radius 3 is 2.71 bits per heavy atom. The number of rotatable bonds is 4. The molecule has 1 atom stereocenters. The summed E-state index contributed by atoms with van der Waals surface area (Å²) in [6, 6.07) is 15.6. The van der Waals surface area contributed by atoms with E-state index in [4.69, 9.17) is 0 Å². The van der Waals surface area contributed by atoms with Crippen LogP contribution < -0.4 is 10.2 Å². The highest BCUT2D eigenvalue weighted by Crippen LogP contribution is 2.26. The third kappa shape index (κ3) is 3.85. The number of amides is 2. The van der Waals surface area contributed by atoms with Gasteiger partial charge in [-0.25, -0.2) is 0 Å². The van der Waals surface area contributed by atoms with Crippen LogP contribution in [0.25, 0.3) is 0 Å². The van der Waals surface area contributed by atoms with E-state index in [1.165, 1.54) is 5.56 Å². The third-order valence-electron chi connectivity index (χ3n) is 4.18. The maximum absolute atomic E-state index is 12.4. The predicted octanol–water partition coefficient (Wildman–Crippen LogP) is 3.43. The summed E-state index contributed by atoms with van der Waals surface area (Å²) in [5.41, 5.74) is 3.06. The number of nitrogens with zero attached hydrogens (tertiary/aromatic N) is 1. The van der Waals surface area contributed by atoms with E-state index in [0.717, 1.165) is 15.7 Å². The first kappa shape index (κ1) is 16.7. The number of halogens is 1. The number of hydrogen-bond donors (Lipinski definition) is 1. The molecule has 124 valence electrons. The van der Waals surface area contributed by atoms with Crippen LogP contribution in [0.4, 0.5) is 5.69 Å². The first-order valence-electron chi connectivity index (χ1n) is 7.92. The highest BCUT2D eigenvalue weighted by Gasteiger charge is 2.34. The van der Waals surface area contributed by atoms with Crippen molar-refractivity contribution in [3.05, 3.63) is 64.1 Å². The Bertz CT molecular complexity index is 758. The van der Waals surface area contributed by atoms with Gasteiger partial charge in [0, 0.05) is 29.7 Å². The first-order chi connectivity index (χ1) is 11.5. The molecule has 3 rings (SSSR count). The number of aryl methyl sites for hydroxylation is 1. The maximum Gasteiger partial charge on any atom is 0.227 e. The van der Waals surface area contributed by atoms with E-state index in [0.29, 0.717) is 13.1 Å². The lowest BCUT2D eigenvalue weighted by molar-refractivity contribution is -0.126. The number of anilines is 1. The molecule has 1 aliphatic rings. The Morgan fingerprint density at radius 1 is 1.25 bits per heavy atom. The summed E-state index contributed by atoms with van der Waals surface area (Å²) in [5, 5.41) is 2.94. The minimum atomic E-state index is -0.300. The van der Waals surface area contributed by atoms with Crippen molar-refractivity contribution in [2.45, 2.75) is 19.9 Å². The number of hydrogen-bond acceptors (Lipinski definition) is 2. The van der Waals surface area contributed by atoms with Gasteiger partial charge in [0.25, 0.3) is 0 Å². The Balaban J connectivity index is 1.60. The number of benzene rings is 2. The van der Waals surface area contributed by atoms with Crippen LogP contribution in [0.1, 0.15) is 17.5 Å². The summed E-state index contributed by atoms with van der Waals surface area (Å²) in [4.78, 5) is 26.3. The van der Waals surface area contributed by atoms with Gasteiger partial charge in [-0.3, -0.25) is 9.59 Å². The minimum absolute atomic E-state index is 0.00646. The van der Waals surface area contributed by atoms with Crippen molar-refractivity contribution in [1.82, 2.24) is 5.32 Å². The first-order valence-corrected chi connectivity index (χ1v) is 8.71. The maximum atomic E-state index is 12.4. The van der Waals surface area contributed by atoms with Crippen LogP contribution in [0.5, 0.6) is 0 Å². The zero-order valence-corrected chi connectivity index (χ0v) is 15.0. The van der Waals surface area contributed by atoms with Crippen molar-refractivity contribution in [3.8, 4) is 0 Å². The molecule has 0 radical (unpaired) electrons. The largest absolute Gasteiger partial charge is 0.352 e. The topological polar surface area (TPSA) is 49.4 Å². The summed E-state index contributed by atoms with van der Waals surface area (Å²) >= 11 is 3.38. The molecule has 2 aromatic carbocycles. The second-order valence-corrected chi connectivity index (χ2v) is 7.00. The average Bonchev–Trinajstić information content (AvgIpc) is 2.95. The lowest BCUT2D eigenvalue weighted by Gasteiger charge is -2.17. The van der Waals surface area contributed by atoms with Gasteiger partial charge in [0.15, 0.2) is 0 Å². The van der Waals surface area contributed by atoms with Gasteiger partial charge in [-0.1, -0.05) is 45.8 Å². The third-order valence-corrected chi connectivity index (χ3v) is 4.71. The molecule has 1 aliphatic heterocycles. The van der Waals surface area contributed by atoms with Crippen molar-refractivity contribution in [2.24, 2.45) is 5.92 Å². The van der Waals surface area contributed by atoms with Gasteiger partial charge in [-0.2, -0.15) is 0 Å². The van der Waals surface area contributed by atoms with E-state index in [1.54, 1.807) is 4.90 Å². The van der Waals surface area contributed by atoms with Crippen LogP contribution in [0.3, 0.4) is 0 Å². The molecule has 5 heteroatoms. The smallest absolute Gasteiger partial charge is 0.227 e. The van der Waals surface area contributed by atoms with Crippen LogP contribution in [0.15, 0.2) is 53.0 Å².